The molecule has 0 spiro atoms. The lowest BCUT2D eigenvalue weighted by Crippen LogP contribution is -2.35. The third kappa shape index (κ3) is 2.30. The summed E-state index contributed by atoms with van der Waals surface area (Å²) in [5.41, 5.74) is 0.307. The predicted octanol–water partition coefficient (Wildman–Crippen LogP) is 3.54. The number of hydrogen-bond donors (Lipinski definition) is 0. The van der Waals surface area contributed by atoms with Gasteiger partial charge in [0.1, 0.15) is 18.2 Å². The third-order valence-corrected chi connectivity index (χ3v) is 4.41. The van der Waals surface area contributed by atoms with Gasteiger partial charge >= 0.3 is 0 Å². The van der Waals surface area contributed by atoms with E-state index in [-0.39, 0.29) is 5.50 Å². The molecule has 0 radical (unpaired) electrons. The Hall–Kier alpha value is -1.52. The predicted molar refractivity (Wildman–Crippen MR) is 77.8 cm³/mol. The van der Waals surface area contributed by atoms with Crippen molar-refractivity contribution in [2.24, 2.45) is 0 Å². The Morgan fingerprint density at radius 3 is 2.70 bits per heavy atom. The molecule has 1 aliphatic rings. The molecule has 2 atom stereocenters. The first kappa shape index (κ1) is 13.5. The second kappa shape index (κ2) is 5.46. The fourth-order valence-electron chi connectivity index (χ4n) is 2.46. The van der Waals surface area contributed by atoms with Crippen molar-refractivity contribution in [3.05, 3.63) is 59.8 Å². The van der Waals surface area contributed by atoms with Gasteiger partial charge in [-0.05, 0) is 30.2 Å². The molecule has 6 heteroatoms. The normalized spacial score (nSPS) is 23.3. The summed E-state index contributed by atoms with van der Waals surface area (Å²) in [6.07, 6.45) is 7.55. The van der Waals surface area contributed by atoms with Gasteiger partial charge in [0, 0.05) is 5.02 Å². The van der Waals surface area contributed by atoms with Gasteiger partial charge in [-0.15, -0.1) is 0 Å². The van der Waals surface area contributed by atoms with Crippen LogP contribution in [0, 0.1) is 0 Å². The smallest absolute Gasteiger partial charge is 0.140 e. The van der Waals surface area contributed by atoms with E-state index in [9.17, 15) is 0 Å². The Morgan fingerprint density at radius 1 is 1.30 bits per heavy atom. The molecule has 2 aromatic rings. The largest absolute Gasteiger partial charge is 0.501 e. The number of benzene rings is 1. The van der Waals surface area contributed by atoms with E-state index in [1.165, 1.54) is 6.33 Å². The number of halogens is 2. The Balaban J connectivity index is 2.07. The minimum atomic E-state index is -0.391. The molecule has 0 saturated carbocycles. The van der Waals surface area contributed by atoms with Gasteiger partial charge in [-0.2, -0.15) is 5.10 Å². The molecule has 0 bridgehead atoms. The summed E-state index contributed by atoms with van der Waals surface area (Å²) in [6.45, 7) is 0.608. The van der Waals surface area contributed by atoms with Crippen molar-refractivity contribution in [2.45, 2.75) is 17.3 Å². The number of rotatable bonds is 3. The second-order valence-corrected chi connectivity index (χ2v) is 5.53. The summed E-state index contributed by atoms with van der Waals surface area (Å²) in [5, 5.41) is 4.85. The van der Waals surface area contributed by atoms with Crippen LogP contribution in [0.4, 0.5) is 0 Å². The zero-order chi connectivity index (χ0) is 14.0. The first-order valence-corrected chi connectivity index (χ1v) is 7.07. The lowest BCUT2D eigenvalue weighted by molar-refractivity contribution is 0.179. The molecule has 1 aromatic carbocycles. The lowest BCUT2D eigenvalue weighted by atomic mass is 9.76. The molecule has 4 nitrogen and oxygen atoms in total. The lowest BCUT2D eigenvalue weighted by Gasteiger charge is -2.37. The molecule has 2 unspecified atom stereocenters. The fourth-order valence-corrected chi connectivity index (χ4v) is 2.99. The monoisotopic (exact) mass is 309 g/mol. The van der Waals surface area contributed by atoms with E-state index in [0.717, 1.165) is 12.0 Å². The maximum absolute atomic E-state index is 6.68. The van der Waals surface area contributed by atoms with Crippen molar-refractivity contribution < 1.29 is 4.74 Å². The standard InChI is InChI=1S/C14H13Cl2N3O/c15-12-3-1-11(2-4-12)14(5-7-20-8-6-14)13(16)19-10-17-9-18-19/h1-5,7,9-10,13H,6,8H2. The van der Waals surface area contributed by atoms with Crippen LogP contribution in [-0.4, -0.2) is 21.4 Å². The molecule has 3 rings (SSSR count). The molecular weight excluding hydrogens is 297 g/mol. The van der Waals surface area contributed by atoms with Crippen molar-refractivity contribution in [3.63, 3.8) is 0 Å². The highest BCUT2D eigenvalue weighted by Gasteiger charge is 2.40. The molecule has 0 fully saturated rings. The molecule has 0 N–H and O–H groups in total. The van der Waals surface area contributed by atoms with Crippen molar-refractivity contribution in [1.82, 2.24) is 14.8 Å². The van der Waals surface area contributed by atoms with Gasteiger partial charge in [-0.1, -0.05) is 35.3 Å². The number of aromatic nitrogens is 3. The fraction of sp³-hybridized carbons (Fsp3) is 0.286. The summed E-state index contributed by atoms with van der Waals surface area (Å²) in [6, 6.07) is 7.72. The van der Waals surface area contributed by atoms with E-state index in [1.54, 1.807) is 17.3 Å². The summed E-state index contributed by atoms with van der Waals surface area (Å²) >= 11 is 12.7. The van der Waals surface area contributed by atoms with Gasteiger partial charge < -0.3 is 4.74 Å². The van der Waals surface area contributed by atoms with Crippen LogP contribution in [0.15, 0.2) is 49.3 Å². The number of allylic oxidation sites excluding steroid dienone is 1. The van der Waals surface area contributed by atoms with Crippen LogP contribution in [0.5, 0.6) is 0 Å². The van der Waals surface area contributed by atoms with Crippen molar-refractivity contribution in [3.8, 4) is 0 Å². The quantitative estimate of drug-likeness (QED) is 0.814. The Bertz CT molecular complexity index is 597. The molecule has 104 valence electrons. The zero-order valence-corrected chi connectivity index (χ0v) is 12.1. The topological polar surface area (TPSA) is 39.9 Å². The molecule has 20 heavy (non-hydrogen) atoms. The minimum absolute atomic E-state index is 0.383. The van der Waals surface area contributed by atoms with Crippen LogP contribution in [0.25, 0.3) is 0 Å². The van der Waals surface area contributed by atoms with Gasteiger partial charge in [-0.25, -0.2) is 9.67 Å². The van der Waals surface area contributed by atoms with E-state index in [1.807, 2.05) is 30.3 Å². The highest BCUT2D eigenvalue weighted by molar-refractivity contribution is 6.30. The molecule has 2 heterocycles. The van der Waals surface area contributed by atoms with E-state index >= 15 is 0 Å². The highest BCUT2D eigenvalue weighted by Crippen LogP contribution is 2.44. The van der Waals surface area contributed by atoms with Crippen LogP contribution in [0.2, 0.25) is 5.02 Å². The highest BCUT2D eigenvalue weighted by atomic mass is 35.5. The van der Waals surface area contributed by atoms with E-state index in [0.29, 0.717) is 11.6 Å². The number of ether oxygens (including phenoxy) is 1. The van der Waals surface area contributed by atoms with Gasteiger partial charge in [0.25, 0.3) is 0 Å². The average molecular weight is 310 g/mol. The van der Waals surface area contributed by atoms with Gasteiger partial charge in [0.15, 0.2) is 0 Å². The zero-order valence-electron chi connectivity index (χ0n) is 10.6. The minimum Gasteiger partial charge on any atom is -0.501 e. The first-order valence-electron chi connectivity index (χ1n) is 6.26. The van der Waals surface area contributed by atoms with E-state index in [2.05, 4.69) is 10.1 Å². The van der Waals surface area contributed by atoms with E-state index < -0.39 is 5.41 Å². The van der Waals surface area contributed by atoms with Crippen molar-refractivity contribution >= 4 is 23.2 Å². The summed E-state index contributed by atoms with van der Waals surface area (Å²) in [5.74, 6) is 0. The molecule has 1 aromatic heterocycles. The van der Waals surface area contributed by atoms with Gasteiger partial charge in [0.2, 0.25) is 0 Å². The number of alkyl halides is 1. The maximum Gasteiger partial charge on any atom is 0.140 e. The molecule has 1 aliphatic heterocycles. The van der Waals surface area contributed by atoms with Crippen LogP contribution < -0.4 is 0 Å². The van der Waals surface area contributed by atoms with Crippen molar-refractivity contribution in [2.75, 3.05) is 6.61 Å². The summed E-state index contributed by atoms with van der Waals surface area (Å²) < 4.78 is 6.99. The first-order chi connectivity index (χ1) is 9.72. The number of nitrogens with zero attached hydrogens (tertiary/aromatic N) is 3. The van der Waals surface area contributed by atoms with Gasteiger partial charge in [0.05, 0.1) is 18.3 Å². The molecular formula is C14H13Cl2N3O. The Morgan fingerprint density at radius 2 is 2.10 bits per heavy atom. The SMILES string of the molecule is Clc1ccc(C2(C(Cl)n3cncn3)C=COCC2)cc1. The second-order valence-electron chi connectivity index (χ2n) is 4.68. The molecule has 0 aliphatic carbocycles. The van der Waals surface area contributed by atoms with Crippen molar-refractivity contribution in [1.29, 1.82) is 0 Å². The third-order valence-electron chi connectivity index (χ3n) is 3.57. The van der Waals surface area contributed by atoms with E-state index in [4.69, 9.17) is 27.9 Å². The Kier molecular flexibility index (Phi) is 3.68. The van der Waals surface area contributed by atoms with Gasteiger partial charge in [-0.3, -0.25) is 0 Å². The molecule has 0 amide bonds. The number of hydrogen-bond acceptors (Lipinski definition) is 3. The van der Waals surface area contributed by atoms with Crippen LogP contribution in [0.1, 0.15) is 17.5 Å². The average Bonchev–Trinajstić information content (AvgIpc) is 3.02. The van der Waals surface area contributed by atoms with Crippen LogP contribution in [-0.2, 0) is 10.2 Å². The molecule has 0 saturated heterocycles. The van der Waals surface area contributed by atoms with Crippen LogP contribution in [0.3, 0.4) is 0 Å². The van der Waals surface area contributed by atoms with Crippen LogP contribution >= 0.6 is 23.2 Å². The maximum atomic E-state index is 6.68. The Labute approximate surface area is 127 Å². The summed E-state index contributed by atoms with van der Waals surface area (Å²) in [4.78, 5) is 3.97. The summed E-state index contributed by atoms with van der Waals surface area (Å²) in [7, 11) is 0.